The number of pyridine rings is 1. The van der Waals surface area contributed by atoms with Crippen LogP contribution in [0.25, 0.3) is 0 Å². The van der Waals surface area contributed by atoms with Crippen LogP contribution in [0.4, 0.5) is 5.82 Å². The number of hydrogen-bond acceptors (Lipinski definition) is 3. The van der Waals surface area contributed by atoms with Crippen LogP contribution < -0.4 is 5.32 Å². The highest BCUT2D eigenvalue weighted by Gasteiger charge is 2.43. The van der Waals surface area contributed by atoms with E-state index in [-0.39, 0.29) is 17.6 Å². The van der Waals surface area contributed by atoms with Crippen molar-refractivity contribution in [1.29, 1.82) is 0 Å². The highest BCUT2D eigenvalue weighted by molar-refractivity contribution is 5.94. The summed E-state index contributed by atoms with van der Waals surface area (Å²) in [6, 6.07) is 11.4. The zero-order chi connectivity index (χ0) is 14.1. The predicted molar refractivity (Wildman–Crippen MR) is 76.6 cm³/mol. The van der Waals surface area contributed by atoms with Gasteiger partial charge in [-0.2, -0.15) is 0 Å². The lowest BCUT2D eigenvalue weighted by molar-refractivity contribution is -0.117. The summed E-state index contributed by atoms with van der Waals surface area (Å²) in [5, 5.41) is 11.9. The summed E-state index contributed by atoms with van der Waals surface area (Å²) >= 11 is 0. The van der Waals surface area contributed by atoms with Crippen molar-refractivity contribution in [3.63, 3.8) is 0 Å². The van der Waals surface area contributed by atoms with Gasteiger partial charge in [0.15, 0.2) is 0 Å². The van der Waals surface area contributed by atoms with Crippen molar-refractivity contribution in [3.05, 3.63) is 53.7 Å². The average molecular weight is 268 g/mol. The molecule has 0 saturated heterocycles. The molecule has 2 unspecified atom stereocenters. The average Bonchev–Trinajstić information content (AvgIpc) is 3.23. The Balaban J connectivity index is 1.62. The van der Waals surface area contributed by atoms with Gasteiger partial charge < -0.3 is 10.4 Å². The van der Waals surface area contributed by atoms with Crippen molar-refractivity contribution >= 4 is 11.7 Å². The first kappa shape index (κ1) is 12.7. The number of carbonyl (C=O) groups excluding carboxylic acids is 1. The fraction of sp³-hybridized carbons (Fsp3) is 0.250. The Hall–Kier alpha value is -2.36. The SMILES string of the molecule is Cc1ccc(C2CC2C(=O)Nc2ccc(O)cn2)cc1. The highest BCUT2D eigenvalue weighted by Crippen LogP contribution is 2.47. The molecule has 102 valence electrons. The summed E-state index contributed by atoms with van der Waals surface area (Å²) in [5.74, 6) is 0.893. The number of amides is 1. The Labute approximate surface area is 117 Å². The number of nitrogens with zero attached hydrogens (tertiary/aromatic N) is 1. The number of rotatable bonds is 3. The van der Waals surface area contributed by atoms with Gasteiger partial charge in [0.2, 0.25) is 5.91 Å². The second-order valence-electron chi connectivity index (χ2n) is 5.25. The monoisotopic (exact) mass is 268 g/mol. The van der Waals surface area contributed by atoms with E-state index in [1.807, 2.05) is 0 Å². The molecule has 2 aromatic rings. The number of hydrogen-bond donors (Lipinski definition) is 2. The second-order valence-corrected chi connectivity index (χ2v) is 5.25. The van der Waals surface area contributed by atoms with Crippen LogP contribution in [-0.4, -0.2) is 16.0 Å². The third kappa shape index (κ3) is 2.64. The number of aromatic hydroxyl groups is 1. The van der Waals surface area contributed by atoms with Crippen LogP contribution in [0.15, 0.2) is 42.6 Å². The molecule has 20 heavy (non-hydrogen) atoms. The van der Waals surface area contributed by atoms with Gasteiger partial charge in [-0.1, -0.05) is 29.8 Å². The van der Waals surface area contributed by atoms with Gasteiger partial charge in [0.25, 0.3) is 0 Å². The molecule has 0 bridgehead atoms. The first-order valence-electron chi connectivity index (χ1n) is 6.66. The lowest BCUT2D eigenvalue weighted by atomic mass is 10.1. The van der Waals surface area contributed by atoms with Gasteiger partial charge in [-0.25, -0.2) is 4.98 Å². The van der Waals surface area contributed by atoms with E-state index in [4.69, 9.17) is 5.11 Å². The summed E-state index contributed by atoms with van der Waals surface area (Å²) in [5.41, 5.74) is 2.44. The van der Waals surface area contributed by atoms with Gasteiger partial charge in [0.05, 0.1) is 6.20 Å². The normalized spacial score (nSPS) is 20.4. The zero-order valence-electron chi connectivity index (χ0n) is 11.2. The van der Waals surface area contributed by atoms with E-state index < -0.39 is 0 Å². The molecule has 4 nitrogen and oxygen atoms in total. The van der Waals surface area contributed by atoms with Gasteiger partial charge in [0.1, 0.15) is 11.6 Å². The van der Waals surface area contributed by atoms with Gasteiger partial charge in [-0.05, 0) is 37.0 Å². The number of nitrogens with one attached hydrogen (secondary N) is 1. The maximum Gasteiger partial charge on any atom is 0.229 e. The fourth-order valence-electron chi connectivity index (χ4n) is 2.35. The predicted octanol–water partition coefficient (Wildman–Crippen LogP) is 2.84. The van der Waals surface area contributed by atoms with Crippen LogP contribution in [0.2, 0.25) is 0 Å². The topological polar surface area (TPSA) is 62.2 Å². The van der Waals surface area contributed by atoms with E-state index in [0.717, 1.165) is 6.42 Å². The Morgan fingerprint density at radius 3 is 2.65 bits per heavy atom. The largest absolute Gasteiger partial charge is 0.506 e. The molecule has 4 heteroatoms. The van der Waals surface area contributed by atoms with Crippen molar-refractivity contribution in [1.82, 2.24) is 4.98 Å². The van der Waals surface area contributed by atoms with E-state index in [9.17, 15) is 4.79 Å². The van der Waals surface area contributed by atoms with Crippen LogP contribution in [-0.2, 0) is 4.79 Å². The lowest BCUT2D eigenvalue weighted by Gasteiger charge is -2.04. The molecule has 2 N–H and O–H groups in total. The van der Waals surface area contributed by atoms with Gasteiger partial charge in [0, 0.05) is 5.92 Å². The minimum Gasteiger partial charge on any atom is -0.506 e. The number of aromatic nitrogens is 1. The van der Waals surface area contributed by atoms with Crippen LogP contribution in [0, 0.1) is 12.8 Å². The summed E-state index contributed by atoms with van der Waals surface area (Å²) in [4.78, 5) is 16.1. The van der Waals surface area contributed by atoms with Crippen LogP contribution >= 0.6 is 0 Å². The summed E-state index contributed by atoms with van der Waals surface area (Å²) in [6.07, 6.45) is 2.20. The quantitative estimate of drug-likeness (QED) is 0.899. The molecule has 3 rings (SSSR count). The third-order valence-electron chi connectivity index (χ3n) is 3.63. The van der Waals surface area contributed by atoms with E-state index in [1.165, 1.54) is 23.4 Å². The van der Waals surface area contributed by atoms with Crippen molar-refractivity contribution in [2.75, 3.05) is 5.32 Å². The molecule has 1 aromatic heterocycles. The number of aryl methyl sites for hydroxylation is 1. The van der Waals surface area contributed by atoms with E-state index in [2.05, 4.69) is 41.5 Å². The number of anilines is 1. The summed E-state index contributed by atoms with van der Waals surface area (Å²) in [6.45, 7) is 2.05. The highest BCUT2D eigenvalue weighted by atomic mass is 16.3. The first-order valence-corrected chi connectivity index (χ1v) is 6.66. The minimum atomic E-state index is -0.00577. The molecule has 1 aliphatic rings. The van der Waals surface area contributed by atoms with E-state index in [1.54, 1.807) is 6.07 Å². The third-order valence-corrected chi connectivity index (χ3v) is 3.63. The molecule has 0 radical (unpaired) electrons. The summed E-state index contributed by atoms with van der Waals surface area (Å²) < 4.78 is 0. The Kier molecular flexibility index (Phi) is 3.14. The van der Waals surface area contributed by atoms with Crippen molar-refractivity contribution in [2.45, 2.75) is 19.3 Å². The molecule has 2 atom stereocenters. The van der Waals surface area contributed by atoms with Crippen molar-refractivity contribution in [2.24, 2.45) is 5.92 Å². The molecular formula is C16H16N2O2. The van der Waals surface area contributed by atoms with Crippen LogP contribution in [0.3, 0.4) is 0 Å². The minimum absolute atomic E-state index is 0.00577. The summed E-state index contributed by atoms with van der Waals surface area (Å²) in [7, 11) is 0. The standard InChI is InChI=1S/C16H16N2O2/c1-10-2-4-11(5-3-10)13-8-14(13)16(20)18-15-7-6-12(19)9-17-15/h2-7,9,13-14,19H,8H2,1H3,(H,17,18,20). The molecule has 1 saturated carbocycles. The number of carbonyl (C=O) groups is 1. The van der Waals surface area contributed by atoms with Crippen LogP contribution in [0.5, 0.6) is 5.75 Å². The van der Waals surface area contributed by atoms with Crippen molar-refractivity contribution < 1.29 is 9.90 Å². The second kappa shape index (κ2) is 4.96. The molecule has 0 aliphatic heterocycles. The molecule has 0 spiro atoms. The van der Waals surface area contributed by atoms with E-state index >= 15 is 0 Å². The molecule has 1 aromatic carbocycles. The van der Waals surface area contributed by atoms with Gasteiger partial charge in [-0.15, -0.1) is 0 Å². The molecule has 1 amide bonds. The zero-order valence-corrected chi connectivity index (χ0v) is 11.2. The lowest BCUT2D eigenvalue weighted by Crippen LogP contribution is -2.15. The first-order chi connectivity index (χ1) is 9.63. The number of benzene rings is 1. The van der Waals surface area contributed by atoms with Gasteiger partial charge >= 0.3 is 0 Å². The van der Waals surface area contributed by atoms with Gasteiger partial charge in [-0.3, -0.25) is 4.79 Å². The van der Waals surface area contributed by atoms with E-state index in [0.29, 0.717) is 11.7 Å². The molecule has 1 fully saturated rings. The van der Waals surface area contributed by atoms with Crippen LogP contribution in [0.1, 0.15) is 23.5 Å². The Bertz CT molecular complexity index is 620. The Morgan fingerprint density at radius 2 is 2.00 bits per heavy atom. The smallest absolute Gasteiger partial charge is 0.229 e. The van der Waals surface area contributed by atoms with Crippen molar-refractivity contribution in [3.8, 4) is 5.75 Å². The molecular weight excluding hydrogens is 252 g/mol. The Morgan fingerprint density at radius 1 is 1.25 bits per heavy atom. The molecule has 1 aliphatic carbocycles. The fourth-order valence-corrected chi connectivity index (χ4v) is 2.35. The molecule has 1 heterocycles. The maximum absolute atomic E-state index is 12.1. The maximum atomic E-state index is 12.1.